The van der Waals surface area contributed by atoms with Gasteiger partial charge in [-0.3, -0.25) is 4.79 Å². The number of carbonyl (C=O) groups is 1. The molecule has 0 saturated carbocycles. The zero-order valence-electron chi connectivity index (χ0n) is 14.9. The fourth-order valence-corrected chi connectivity index (χ4v) is 2.77. The molecule has 136 valence electrons. The Morgan fingerprint density at radius 1 is 0.739 bits per heavy atom. The summed E-state index contributed by atoms with van der Waals surface area (Å²) < 4.78 is 0. The Morgan fingerprint density at radius 2 is 1.09 bits per heavy atom. The molecule has 0 bridgehead atoms. The van der Waals surface area contributed by atoms with E-state index in [0.29, 0.717) is 6.42 Å². The Bertz CT molecular complexity index is 295. The van der Waals surface area contributed by atoms with Crippen LogP contribution >= 0.6 is 0 Å². The summed E-state index contributed by atoms with van der Waals surface area (Å²) in [7, 11) is 0. The fourth-order valence-electron chi connectivity index (χ4n) is 2.77. The highest BCUT2D eigenvalue weighted by atomic mass is 17.0. The molecule has 0 amide bonds. The topological polar surface area (TPSA) is 69.4 Å². The van der Waals surface area contributed by atoms with Crippen molar-refractivity contribution in [2.45, 2.75) is 110 Å². The molecule has 0 aromatic carbocycles. The summed E-state index contributed by atoms with van der Waals surface area (Å²) in [6.45, 7) is 2.25. The van der Waals surface area contributed by atoms with Crippen LogP contribution in [-0.4, -0.2) is 11.1 Å². The molecule has 0 saturated heterocycles. The molecule has 0 aromatic rings. The van der Waals surface area contributed by atoms with Crippen molar-refractivity contribution in [1.82, 2.24) is 0 Å². The van der Waals surface area contributed by atoms with Crippen molar-refractivity contribution in [3.05, 3.63) is 10.1 Å². The average Bonchev–Trinajstić information content (AvgIpc) is 2.50. The normalized spacial score (nSPS) is 10.7. The van der Waals surface area contributed by atoms with Gasteiger partial charge in [-0.25, -0.2) is 4.84 Å². The summed E-state index contributed by atoms with van der Waals surface area (Å²) in [6.07, 6.45) is 19.0. The maximum atomic E-state index is 10.9. The molecule has 23 heavy (non-hydrogen) atoms. The molecular weight excluding hydrogens is 294 g/mol. The number of rotatable bonds is 17. The molecule has 0 aromatic heterocycles. The molecular formula is C18H35NO4. The van der Waals surface area contributed by atoms with E-state index in [1.807, 2.05) is 0 Å². The number of carbonyl (C=O) groups excluding carboxylic acids is 1. The average molecular weight is 329 g/mol. The van der Waals surface area contributed by atoms with Crippen molar-refractivity contribution < 1.29 is 14.7 Å². The van der Waals surface area contributed by atoms with Crippen LogP contribution in [0.3, 0.4) is 0 Å². The van der Waals surface area contributed by atoms with Gasteiger partial charge in [-0.1, -0.05) is 96.8 Å². The van der Waals surface area contributed by atoms with Crippen LogP contribution in [0.1, 0.15) is 110 Å². The lowest BCUT2D eigenvalue weighted by molar-refractivity contribution is -0.729. The Morgan fingerprint density at radius 3 is 1.43 bits per heavy atom. The lowest BCUT2D eigenvalue weighted by Crippen LogP contribution is -2.09. The molecule has 0 fully saturated rings. The smallest absolute Gasteiger partial charge is 0.268 e. The predicted octanol–water partition coefficient (Wildman–Crippen LogP) is 5.98. The second-order valence-corrected chi connectivity index (χ2v) is 6.39. The number of hydrogen-bond acceptors (Lipinski definition) is 4. The van der Waals surface area contributed by atoms with E-state index in [2.05, 4.69) is 11.8 Å². The molecule has 0 atom stereocenters. The lowest BCUT2D eigenvalue weighted by atomic mass is 10.0. The maximum absolute atomic E-state index is 10.9. The molecule has 0 unspecified atom stereocenters. The molecule has 0 aliphatic carbocycles. The van der Waals surface area contributed by atoms with E-state index in [-0.39, 0.29) is 6.42 Å². The monoisotopic (exact) mass is 329 g/mol. The first-order valence-corrected chi connectivity index (χ1v) is 9.52. The second kappa shape index (κ2) is 17.2. The van der Waals surface area contributed by atoms with Gasteiger partial charge in [0.1, 0.15) is 0 Å². The van der Waals surface area contributed by atoms with Gasteiger partial charge in [-0.2, -0.15) is 0 Å². The zero-order chi connectivity index (χ0) is 17.2. The van der Waals surface area contributed by atoms with Crippen LogP contribution in [0.25, 0.3) is 0 Å². The standard InChI is InChI=1S/C18H35NO4/c1-2-3-4-5-6-7-8-9-10-11-12-13-14-15-16-17-18(20)23-19(21)22/h2-17H2,1H3. The summed E-state index contributed by atoms with van der Waals surface area (Å²) in [4.78, 5) is 24.7. The van der Waals surface area contributed by atoms with Gasteiger partial charge in [0, 0.05) is 6.42 Å². The number of unbranched alkanes of at least 4 members (excludes halogenated alkanes) is 14. The third-order valence-corrected chi connectivity index (χ3v) is 4.16. The highest BCUT2D eigenvalue weighted by molar-refractivity contribution is 5.68. The van der Waals surface area contributed by atoms with Crippen molar-refractivity contribution >= 4 is 5.97 Å². The van der Waals surface area contributed by atoms with E-state index in [0.717, 1.165) is 12.8 Å². The summed E-state index contributed by atoms with van der Waals surface area (Å²) in [6, 6.07) is 0. The van der Waals surface area contributed by atoms with Gasteiger partial charge in [-0.05, 0) is 6.42 Å². The SMILES string of the molecule is CCCCCCCCCCCCCCCCCC(=O)O[N+](=O)[O-]. The third kappa shape index (κ3) is 18.8. The minimum Gasteiger partial charge on any atom is -0.268 e. The zero-order valence-corrected chi connectivity index (χ0v) is 14.9. The van der Waals surface area contributed by atoms with Crippen molar-refractivity contribution in [3.8, 4) is 0 Å². The lowest BCUT2D eigenvalue weighted by Gasteiger charge is -2.03. The van der Waals surface area contributed by atoms with Crippen LogP contribution < -0.4 is 0 Å². The van der Waals surface area contributed by atoms with Gasteiger partial charge in [-0.15, -0.1) is 10.1 Å². The Hall–Kier alpha value is -1.13. The van der Waals surface area contributed by atoms with E-state index in [9.17, 15) is 14.9 Å². The van der Waals surface area contributed by atoms with Gasteiger partial charge < -0.3 is 0 Å². The van der Waals surface area contributed by atoms with Gasteiger partial charge in [0.15, 0.2) is 0 Å². The molecule has 5 nitrogen and oxygen atoms in total. The van der Waals surface area contributed by atoms with E-state index in [4.69, 9.17) is 0 Å². The summed E-state index contributed by atoms with van der Waals surface area (Å²) >= 11 is 0. The van der Waals surface area contributed by atoms with Crippen LogP contribution in [0.2, 0.25) is 0 Å². The summed E-state index contributed by atoms with van der Waals surface area (Å²) in [5.74, 6) is -0.732. The summed E-state index contributed by atoms with van der Waals surface area (Å²) in [5, 5.41) is 8.90. The summed E-state index contributed by atoms with van der Waals surface area (Å²) in [5.41, 5.74) is 0. The fraction of sp³-hybridized carbons (Fsp3) is 0.944. The molecule has 0 N–H and O–H groups in total. The minimum absolute atomic E-state index is 0.152. The highest BCUT2D eigenvalue weighted by Crippen LogP contribution is 2.13. The van der Waals surface area contributed by atoms with Crippen molar-refractivity contribution in [1.29, 1.82) is 0 Å². The number of hydrogen-bond donors (Lipinski definition) is 0. The van der Waals surface area contributed by atoms with E-state index in [1.54, 1.807) is 0 Å². The van der Waals surface area contributed by atoms with E-state index < -0.39 is 11.1 Å². The first-order valence-electron chi connectivity index (χ1n) is 9.52. The van der Waals surface area contributed by atoms with Gasteiger partial charge >= 0.3 is 11.1 Å². The number of nitrogens with zero attached hydrogens (tertiary/aromatic N) is 1. The Balaban J connectivity index is 3.08. The maximum Gasteiger partial charge on any atom is 0.303 e. The quantitative estimate of drug-likeness (QED) is 0.187. The molecule has 0 aliphatic heterocycles. The molecule has 0 aliphatic rings. The minimum atomic E-state index is -1.03. The van der Waals surface area contributed by atoms with E-state index >= 15 is 0 Å². The van der Waals surface area contributed by atoms with Crippen LogP contribution in [0.4, 0.5) is 0 Å². The van der Waals surface area contributed by atoms with Crippen LogP contribution in [-0.2, 0) is 9.63 Å². The van der Waals surface area contributed by atoms with Gasteiger partial charge in [0.05, 0.1) is 0 Å². The molecule has 0 radical (unpaired) electrons. The predicted molar refractivity (Wildman–Crippen MR) is 92.6 cm³/mol. The van der Waals surface area contributed by atoms with Gasteiger partial charge in [0.2, 0.25) is 0 Å². The first kappa shape index (κ1) is 21.9. The molecule has 5 heteroatoms. The van der Waals surface area contributed by atoms with Gasteiger partial charge in [0.25, 0.3) is 0 Å². The Labute approximate surface area is 141 Å². The van der Waals surface area contributed by atoms with Crippen molar-refractivity contribution in [3.63, 3.8) is 0 Å². The van der Waals surface area contributed by atoms with Crippen molar-refractivity contribution in [2.24, 2.45) is 0 Å². The van der Waals surface area contributed by atoms with E-state index in [1.165, 1.54) is 77.0 Å². The van der Waals surface area contributed by atoms with Crippen LogP contribution in [0.15, 0.2) is 0 Å². The van der Waals surface area contributed by atoms with Crippen LogP contribution in [0, 0.1) is 10.1 Å². The molecule has 0 spiro atoms. The van der Waals surface area contributed by atoms with Crippen molar-refractivity contribution in [2.75, 3.05) is 0 Å². The molecule has 0 rings (SSSR count). The second-order valence-electron chi connectivity index (χ2n) is 6.39. The largest absolute Gasteiger partial charge is 0.303 e. The molecule has 0 heterocycles. The van der Waals surface area contributed by atoms with Crippen LogP contribution in [0.5, 0.6) is 0 Å². The first-order chi connectivity index (χ1) is 11.2. The third-order valence-electron chi connectivity index (χ3n) is 4.16. The highest BCUT2D eigenvalue weighted by Gasteiger charge is 2.06. The Kier molecular flexibility index (Phi) is 16.4.